The number of phenols is 1. The van der Waals surface area contributed by atoms with Crippen LogP contribution >= 0.6 is 35.0 Å². The van der Waals surface area contributed by atoms with Crippen molar-refractivity contribution in [3.63, 3.8) is 0 Å². The van der Waals surface area contributed by atoms with Gasteiger partial charge in [-0.3, -0.25) is 4.79 Å². The molecule has 0 bridgehead atoms. The molecule has 5 heteroatoms. The van der Waals surface area contributed by atoms with E-state index in [2.05, 4.69) is 0 Å². The van der Waals surface area contributed by atoms with Crippen LogP contribution in [0.1, 0.15) is 21.5 Å². The molecule has 1 N–H and O–H groups in total. The molecule has 3 rings (SSSR count). The van der Waals surface area contributed by atoms with E-state index in [0.29, 0.717) is 26.3 Å². The van der Waals surface area contributed by atoms with Crippen LogP contribution in [0.15, 0.2) is 77.7 Å². The van der Waals surface area contributed by atoms with Gasteiger partial charge in [-0.15, -0.1) is 11.8 Å². The molecule has 0 unspecified atom stereocenters. The quantitative estimate of drug-likeness (QED) is 0.353. The van der Waals surface area contributed by atoms with E-state index in [1.807, 2.05) is 30.3 Å². The van der Waals surface area contributed by atoms with Gasteiger partial charge in [-0.05, 0) is 65.7 Å². The lowest BCUT2D eigenvalue weighted by Crippen LogP contribution is -2.01. The second kappa shape index (κ2) is 9.14. The third kappa shape index (κ3) is 5.64. The van der Waals surface area contributed by atoms with Crippen molar-refractivity contribution >= 4 is 46.8 Å². The second-order valence-electron chi connectivity index (χ2n) is 5.85. The van der Waals surface area contributed by atoms with Crippen LogP contribution in [0.3, 0.4) is 0 Å². The molecule has 27 heavy (non-hydrogen) atoms. The number of benzene rings is 3. The van der Waals surface area contributed by atoms with Gasteiger partial charge >= 0.3 is 0 Å². The Morgan fingerprint density at radius 1 is 0.852 bits per heavy atom. The van der Waals surface area contributed by atoms with Gasteiger partial charge in [-0.1, -0.05) is 47.5 Å². The molecule has 136 valence electrons. The molecule has 3 aromatic carbocycles. The molecule has 0 saturated heterocycles. The highest BCUT2D eigenvalue weighted by Crippen LogP contribution is 2.28. The largest absolute Gasteiger partial charge is 0.508 e. The van der Waals surface area contributed by atoms with E-state index in [1.54, 1.807) is 48.5 Å². The number of Topliss-reactive ketones (excluding diaryl/α,β-unsaturated/α-hetero) is 1. The maximum Gasteiger partial charge on any atom is 0.199 e. The number of allylic oxidation sites excluding steroid dienone is 1. The molecule has 3 aromatic rings. The summed E-state index contributed by atoms with van der Waals surface area (Å²) >= 11 is 13.3. The molecule has 0 radical (unpaired) electrons. The SMILES string of the molecule is O=C(/C(=C\c1ccc(O)cc1)SCc1ccc(Cl)cc1)c1ccc(Cl)cc1. The van der Waals surface area contributed by atoms with Crippen LogP contribution in [0.25, 0.3) is 6.08 Å². The first-order valence-corrected chi connectivity index (χ1v) is 9.94. The van der Waals surface area contributed by atoms with Crippen molar-refractivity contribution in [2.24, 2.45) is 0 Å². The van der Waals surface area contributed by atoms with E-state index in [1.165, 1.54) is 11.8 Å². The molecule has 0 aliphatic rings. The number of rotatable bonds is 6. The summed E-state index contributed by atoms with van der Waals surface area (Å²) in [6.45, 7) is 0. The van der Waals surface area contributed by atoms with Crippen LogP contribution in [0.2, 0.25) is 10.0 Å². The fraction of sp³-hybridized carbons (Fsp3) is 0.0455. The van der Waals surface area contributed by atoms with Gasteiger partial charge in [0.1, 0.15) is 5.75 Å². The molecule has 0 saturated carbocycles. The molecule has 0 heterocycles. The van der Waals surface area contributed by atoms with Crippen LogP contribution in [-0.2, 0) is 5.75 Å². The fourth-order valence-electron chi connectivity index (χ4n) is 2.38. The molecule has 0 amide bonds. The van der Waals surface area contributed by atoms with Gasteiger partial charge in [0.2, 0.25) is 0 Å². The number of ketones is 1. The van der Waals surface area contributed by atoms with E-state index < -0.39 is 0 Å². The van der Waals surface area contributed by atoms with Crippen LogP contribution in [0.4, 0.5) is 0 Å². The minimum absolute atomic E-state index is 0.0706. The molecular formula is C22H16Cl2O2S. The third-order valence-corrected chi connectivity index (χ3v) is 5.42. The zero-order valence-corrected chi connectivity index (χ0v) is 16.6. The van der Waals surface area contributed by atoms with Gasteiger partial charge in [-0.25, -0.2) is 0 Å². The lowest BCUT2D eigenvalue weighted by Gasteiger charge is -2.08. The predicted octanol–water partition coefficient (Wildman–Crippen LogP) is 6.86. The first-order chi connectivity index (χ1) is 13.0. The van der Waals surface area contributed by atoms with E-state index in [9.17, 15) is 9.90 Å². The third-order valence-electron chi connectivity index (χ3n) is 3.83. The normalized spacial score (nSPS) is 11.4. The second-order valence-corrected chi connectivity index (χ2v) is 7.74. The van der Waals surface area contributed by atoms with Crippen molar-refractivity contribution in [3.8, 4) is 5.75 Å². The van der Waals surface area contributed by atoms with E-state index >= 15 is 0 Å². The summed E-state index contributed by atoms with van der Waals surface area (Å²) in [6.07, 6.45) is 1.83. The molecule has 0 aromatic heterocycles. The van der Waals surface area contributed by atoms with Crippen molar-refractivity contribution in [2.45, 2.75) is 5.75 Å². The summed E-state index contributed by atoms with van der Waals surface area (Å²) in [6, 6.07) is 21.1. The Labute approximate surface area is 172 Å². The monoisotopic (exact) mass is 414 g/mol. The molecule has 0 fully saturated rings. The maximum atomic E-state index is 13.0. The average molecular weight is 415 g/mol. The van der Waals surface area contributed by atoms with Crippen LogP contribution < -0.4 is 0 Å². The van der Waals surface area contributed by atoms with Crippen molar-refractivity contribution in [1.29, 1.82) is 0 Å². The van der Waals surface area contributed by atoms with Gasteiger partial charge in [0.05, 0.1) is 4.91 Å². The highest BCUT2D eigenvalue weighted by atomic mass is 35.5. The minimum Gasteiger partial charge on any atom is -0.508 e. The number of hydrogen-bond donors (Lipinski definition) is 1. The Morgan fingerprint density at radius 2 is 1.41 bits per heavy atom. The van der Waals surface area contributed by atoms with Gasteiger partial charge < -0.3 is 5.11 Å². The molecule has 0 aliphatic heterocycles. The average Bonchev–Trinajstić information content (AvgIpc) is 2.68. The zero-order chi connectivity index (χ0) is 19.2. The number of hydrogen-bond acceptors (Lipinski definition) is 3. The summed E-state index contributed by atoms with van der Waals surface area (Å²) < 4.78 is 0. The summed E-state index contributed by atoms with van der Waals surface area (Å²) in [5.41, 5.74) is 2.49. The summed E-state index contributed by atoms with van der Waals surface area (Å²) in [7, 11) is 0. The molecule has 0 atom stereocenters. The number of halogens is 2. The molecule has 0 aliphatic carbocycles. The van der Waals surface area contributed by atoms with Crippen LogP contribution in [0, 0.1) is 0 Å². The molecule has 2 nitrogen and oxygen atoms in total. The number of thioether (sulfide) groups is 1. The highest BCUT2D eigenvalue weighted by molar-refractivity contribution is 8.03. The van der Waals surface area contributed by atoms with Crippen molar-refractivity contribution in [1.82, 2.24) is 0 Å². The van der Waals surface area contributed by atoms with Gasteiger partial charge in [0.15, 0.2) is 5.78 Å². The summed E-state index contributed by atoms with van der Waals surface area (Å²) in [4.78, 5) is 13.6. The minimum atomic E-state index is -0.0706. The lowest BCUT2D eigenvalue weighted by atomic mass is 10.1. The highest BCUT2D eigenvalue weighted by Gasteiger charge is 2.14. The Morgan fingerprint density at radius 3 is 2.00 bits per heavy atom. The number of phenolic OH excluding ortho intramolecular Hbond substituents is 1. The van der Waals surface area contributed by atoms with Gasteiger partial charge in [-0.2, -0.15) is 0 Å². The first-order valence-electron chi connectivity index (χ1n) is 8.19. The van der Waals surface area contributed by atoms with Crippen LogP contribution in [0.5, 0.6) is 5.75 Å². The first kappa shape index (κ1) is 19.6. The number of aromatic hydroxyl groups is 1. The number of carbonyl (C=O) groups excluding carboxylic acids is 1. The topological polar surface area (TPSA) is 37.3 Å². The van der Waals surface area contributed by atoms with Gasteiger partial charge in [0, 0.05) is 21.4 Å². The summed E-state index contributed by atoms with van der Waals surface area (Å²) in [5, 5.41) is 10.7. The van der Waals surface area contributed by atoms with E-state index in [0.717, 1.165) is 11.1 Å². The Bertz CT molecular complexity index is 947. The fourth-order valence-corrected chi connectivity index (χ4v) is 3.61. The lowest BCUT2D eigenvalue weighted by molar-refractivity contribution is 0.104. The summed E-state index contributed by atoms with van der Waals surface area (Å²) in [5.74, 6) is 0.755. The smallest absolute Gasteiger partial charge is 0.199 e. The number of carbonyl (C=O) groups is 1. The van der Waals surface area contributed by atoms with Crippen molar-refractivity contribution in [2.75, 3.05) is 0 Å². The molecular weight excluding hydrogens is 399 g/mol. The van der Waals surface area contributed by atoms with Crippen molar-refractivity contribution < 1.29 is 9.90 Å². The Kier molecular flexibility index (Phi) is 6.62. The Balaban J connectivity index is 1.87. The van der Waals surface area contributed by atoms with Crippen LogP contribution in [-0.4, -0.2) is 10.9 Å². The van der Waals surface area contributed by atoms with E-state index in [-0.39, 0.29) is 11.5 Å². The standard InChI is InChI=1S/C22H16Cl2O2S/c23-18-7-1-16(2-8-18)14-27-21(13-15-3-11-20(25)12-4-15)22(26)17-5-9-19(24)10-6-17/h1-13,25H,14H2/b21-13+. The zero-order valence-electron chi connectivity index (χ0n) is 14.2. The van der Waals surface area contributed by atoms with E-state index in [4.69, 9.17) is 23.2 Å². The van der Waals surface area contributed by atoms with Gasteiger partial charge in [0.25, 0.3) is 0 Å². The van der Waals surface area contributed by atoms with Crippen molar-refractivity contribution in [3.05, 3.63) is 104 Å². The maximum absolute atomic E-state index is 13.0. The molecule has 0 spiro atoms. The Hall–Kier alpha value is -2.20. The predicted molar refractivity (Wildman–Crippen MR) is 115 cm³/mol.